The molecule has 3 atom stereocenters. The van der Waals surface area contributed by atoms with E-state index in [9.17, 15) is 19.4 Å². The summed E-state index contributed by atoms with van der Waals surface area (Å²) in [7, 11) is 1.58. The van der Waals surface area contributed by atoms with Crippen LogP contribution in [0.4, 0.5) is 0 Å². The average molecular weight is 872 g/mol. The van der Waals surface area contributed by atoms with Gasteiger partial charge in [0, 0.05) is 6.42 Å². The van der Waals surface area contributed by atoms with Gasteiger partial charge in [-0.05, 0) is 19.3 Å². The minimum absolute atomic E-state index is 0.0646. The Kier molecular flexibility index (Phi) is 42.9. The number of likely N-dealkylation sites (N-methyl/N-ethyl adjacent to an activating group) is 1. The number of amides is 1. The number of carbonyl (C=O) groups is 1. The molecule has 0 fully saturated rings. The zero-order valence-electron chi connectivity index (χ0n) is 40.7. The fourth-order valence-corrected chi connectivity index (χ4v) is 8.60. The van der Waals surface area contributed by atoms with Crippen molar-refractivity contribution >= 4 is 13.7 Å². The maximum Gasteiger partial charge on any atom is 0.472 e. The third kappa shape index (κ3) is 45.3. The van der Waals surface area contributed by atoms with Crippen LogP contribution in [0.3, 0.4) is 0 Å². The first-order chi connectivity index (χ1) is 29.0. The van der Waals surface area contributed by atoms with Crippen LogP contribution in [-0.2, 0) is 18.4 Å². The van der Waals surface area contributed by atoms with E-state index in [1.165, 1.54) is 199 Å². The molecule has 358 valence electrons. The summed E-state index contributed by atoms with van der Waals surface area (Å²) >= 11 is 0. The zero-order chi connectivity index (χ0) is 44.3. The Morgan fingerprint density at radius 1 is 0.550 bits per heavy atom. The van der Waals surface area contributed by atoms with Gasteiger partial charge in [-0.25, -0.2) is 4.57 Å². The van der Waals surface area contributed by atoms with Crippen molar-refractivity contribution in [3.05, 3.63) is 12.2 Å². The molecular weight excluding hydrogens is 768 g/mol. The lowest BCUT2D eigenvalue weighted by Gasteiger charge is -2.25. The fraction of sp³-hybridized carbons (Fsp3) is 0.941. The van der Waals surface area contributed by atoms with E-state index >= 15 is 0 Å². The van der Waals surface area contributed by atoms with E-state index in [2.05, 4.69) is 19.2 Å². The number of unbranched alkanes of at least 4 members (excludes halogenated alkanes) is 35. The number of aliphatic hydroxyl groups is 1. The van der Waals surface area contributed by atoms with Crippen molar-refractivity contribution in [1.29, 1.82) is 0 Å². The second kappa shape index (κ2) is 43.5. The number of allylic oxidation sites excluding steroid dienone is 1. The van der Waals surface area contributed by atoms with Gasteiger partial charge in [-0.3, -0.25) is 13.8 Å². The smallest absolute Gasteiger partial charge is 0.387 e. The number of rotatable bonds is 48. The third-order valence-corrected chi connectivity index (χ3v) is 13.0. The van der Waals surface area contributed by atoms with Gasteiger partial charge in [0.15, 0.2) is 0 Å². The molecule has 0 aliphatic heterocycles. The van der Waals surface area contributed by atoms with Crippen LogP contribution in [0, 0.1) is 0 Å². The Morgan fingerprint density at radius 2 is 0.883 bits per heavy atom. The van der Waals surface area contributed by atoms with Crippen LogP contribution in [0.5, 0.6) is 0 Å². The average Bonchev–Trinajstić information content (AvgIpc) is 3.20. The van der Waals surface area contributed by atoms with E-state index in [1.54, 1.807) is 6.08 Å². The number of hydrogen-bond acceptors (Lipinski definition) is 5. The molecule has 8 nitrogen and oxygen atoms in total. The Labute approximate surface area is 373 Å². The van der Waals surface area contributed by atoms with Gasteiger partial charge in [0.25, 0.3) is 0 Å². The van der Waals surface area contributed by atoms with Crippen molar-refractivity contribution in [2.75, 3.05) is 40.9 Å². The highest BCUT2D eigenvalue weighted by atomic mass is 31.2. The molecule has 3 N–H and O–H groups in total. The Morgan fingerprint density at radius 3 is 1.23 bits per heavy atom. The van der Waals surface area contributed by atoms with Gasteiger partial charge in [0.2, 0.25) is 5.91 Å². The quantitative estimate of drug-likeness (QED) is 0.0243. The molecule has 0 aliphatic rings. The molecule has 0 aromatic heterocycles. The Hall–Kier alpha value is -0.760. The normalized spacial score (nSPS) is 14.2. The molecule has 0 aromatic rings. The summed E-state index contributed by atoms with van der Waals surface area (Å²) in [5, 5.41) is 13.8. The number of hydrogen-bond donors (Lipinski definition) is 3. The van der Waals surface area contributed by atoms with Crippen LogP contribution in [0.25, 0.3) is 0 Å². The predicted octanol–water partition coefficient (Wildman–Crippen LogP) is 15.1. The monoisotopic (exact) mass is 872 g/mol. The molecule has 0 spiro atoms. The van der Waals surface area contributed by atoms with Gasteiger partial charge in [0.1, 0.15) is 13.2 Å². The van der Waals surface area contributed by atoms with Crippen LogP contribution < -0.4 is 5.32 Å². The first kappa shape index (κ1) is 59.2. The number of quaternary nitrogens is 1. The minimum atomic E-state index is -4.33. The minimum Gasteiger partial charge on any atom is -0.387 e. The Bertz CT molecular complexity index is 989. The van der Waals surface area contributed by atoms with Gasteiger partial charge >= 0.3 is 7.82 Å². The van der Waals surface area contributed by atoms with Crippen molar-refractivity contribution in [2.45, 2.75) is 270 Å². The van der Waals surface area contributed by atoms with Gasteiger partial charge in [-0.2, -0.15) is 0 Å². The highest BCUT2D eigenvalue weighted by Crippen LogP contribution is 2.43. The summed E-state index contributed by atoms with van der Waals surface area (Å²) in [6.07, 6.45) is 51.7. The van der Waals surface area contributed by atoms with E-state index < -0.39 is 20.0 Å². The molecule has 0 saturated carbocycles. The van der Waals surface area contributed by atoms with Crippen LogP contribution in [0.15, 0.2) is 12.2 Å². The van der Waals surface area contributed by atoms with Crippen LogP contribution >= 0.6 is 7.82 Å². The standard InChI is InChI=1S/C51H103N2O6P/c1-6-8-10-12-14-16-18-19-20-21-22-23-24-25-26-27-28-29-30-31-32-33-35-37-39-41-43-45-51(55)52-49(48-59-60(56,57)58-47-46-53(3,4)5)50(54)44-42-40-38-36-34-17-15-13-11-9-7-2/h42,44,49-50,54H,6-41,43,45-48H2,1-5H3,(H-,52,55,56,57)/p+1/b44-42+/t49-,50+/m0/s1. The lowest BCUT2D eigenvalue weighted by atomic mass is 10.0. The van der Waals surface area contributed by atoms with Crippen LogP contribution in [0.1, 0.15) is 258 Å². The zero-order valence-corrected chi connectivity index (χ0v) is 41.6. The lowest BCUT2D eigenvalue weighted by Crippen LogP contribution is -2.45. The largest absolute Gasteiger partial charge is 0.472 e. The summed E-state index contributed by atoms with van der Waals surface area (Å²) in [5.74, 6) is -0.173. The Balaban J connectivity index is 4.06. The first-order valence-electron chi connectivity index (χ1n) is 26.1. The van der Waals surface area contributed by atoms with E-state index in [-0.39, 0.29) is 19.1 Å². The number of nitrogens with one attached hydrogen (secondary N) is 1. The molecular formula is C51H104N2O6P+. The molecule has 0 rings (SSSR count). The molecule has 1 unspecified atom stereocenters. The highest BCUT2D eigenvalue weighted by molar-refractivity contribution is 7.47. The molecule has 0 heterocycles. The van der Waals surface area contributed by atoms with E-state index in [1.807, 2.05) is 27.2 Å². The van der Waals surface area contributed by atoms with E-state index in [4.69, 9.17) is 9.05 Å². The highest BCUT2D eigenvalue weighted by Gasteiger charge is 2.27. The molecule has 9 heteroatoms. The lowest BCUT2D eigenvalue weighted by molar-refractivity contribution is -0.870. The first-order valence-corrected chi connectivity index (χ1v) is 27.6. The molecule has 1 amide bonds. The summed E-state index contributed by atoms with van der Waals surface area (Å²) in [4.78, 5) is 23.2. The van der Waals surface area contributed by atoms with Crippen molar-refractivity contribution in [3.8, 4) is 0 Å². The number of phosphoric acid groups is 1. The summed E-state index contributed by atoms with van der Waals surface area (Å²) in [5.41, 5.74) is 0. The van der Waals surface area contributed by atoms with Crippen molar-refractivity contribution in [1.82, 2.24) is 5.32 Å². The van der Waals surface area contributed by atoms with Gasteiger partial charge in [-0.15, -0.1) is 0 Å². The van der Waals surface area contributed by atoms with E-state index in [0.29, 0.717) is 17.4 Å². The summed E-state index contributed by atoms with van der Waals surface area (Å²) in [6, 6.07) is -0.840. The number of aliphatic hydroxyl groups excluding tert-OH is 1. The number of phosphoric ester groups is 1. The topological polar surface area (TPSA) is 105 Å². The second-order valence-corrected chi connectivity index (χ2v) is 20.7. The molecule has 0 bridgehead atoms. The fourth-order valence-electron chi connectivity index (χ4n) is 7.87. The molecule has 0 saturated heterocycles. The van der Waals surface area contributed by atoms with Crippen molar-refractivity contribution < 1.29 is 32.9 Å². The molecule has 60 heavy (non-hydrogen) atoms. The molecule has 0 aromatic carbocycles. The van der Waals surface area contributed by atoms with Crippen molar-refractivity contribution in [3.63, 3.8) is 0 Å². The van der Waals surface area contributed by atoms with Gasteiger partial charge in [0.05, 0.1) is 39.9 Å². The summed E-state index contributed by atoms with van der Waals surface area (Å²) in [6.45, 7) is 4.83. The van der Waals surface area contributed by atoms with Gasteiger partial charge < -0.3 is 19.8 Å². The third-order valence-electron chi connectivity index (χ3n) is 12.0. The van der Waals surface area contributed by atoms with Crippen LogP contribution in [-0.4, -0.2) is 73.4 Å². The maximum absolute atomic E-state index is 12.9. The van der Waals surface area contributed by atoms with Crippen molar-refractivity contribution in [2.24, 2.45) is 0 Å². The molecule has 0 aliphatic carbocycles. The SMILES string of the molecule is CCCCCCCCCCC/C=C/[C@@H](O)[C@H](COP(=O)(O)OCC[N+](C)(C)C)NC(=O)CCCCCCCCCCCCCCCCCCCCCCCCCCCCC. The maximum atomic E-state index is 12.9. The molecule has 0 radical (unpaired) electrons. The summed E-state index contributed by atoms with van der Waals surface area (Å²) < 4.78 is 23.6. The number of nitrogens with zero attached hydrogens (tertiary/aromatic N) is 1. The van der Waals surface area contributed by atoms with Crippen LogP contribution in [0.2, 0.25) is 0 Å². The number of carbonyl (C=O) groups excluding carboxylic acids is 1. The second-order valence-electron chi connectivity index (χ2n) is 19.3. The van der Waals surface area contributed by atoms with E-state index in [0.717, 1.165) is 38.5 Å². The predicted molar refractivity (Wildman–Crippen MR) is 259 cm³/mol. The van der Waals surface area contributed by atoms with Gasteiger partial charge in [-0.1, -0.05) is 244 Å².